The Kier molecular flexibility index (Phi) is 5.98. The third-order valence-corrected chi connectivity index (χ3v) is 5.09. The molecule has 0 bridgehead atoms. The minimum atomic E-state index is -3.51. The van der Waals surface area contributed by atoms with Gasteiger partial charge in [0.1, 0.15) is 0 Å². The first-order chi connectivity index (χ1) is 11.6. The van der Waals surface area contributed by atoms with Gasteiger partial charge >= 0.3 is 0 Å². The lowest BCUT2D eigenvalue weighted by Crippen LogP contribution is -2.37. The molecule has 0 aromatic heterocycles. The Labute approximate surface area is 149 Å². The van der Waals surface area contributed by atoms with Crippen LogP contribution in [0.15, 0.2) is 42.5 Å². The third-order valence-electron chi connectivity index (χ3n) is 3.90. The molecule has 0 radical (unpaired) electrons. The standard InChI is InChI=1S/C19H24N2O3S/c1-14-6-5-7-17(10-14)12-21(25(4,23)24)13-19(22)20-18-11-15(2)8-9-16(18)3/h5-11H,12-13H2,1-4H3,(H,20,22). The van der Waals surface area contributed by atoms with Gasteiger partial charge in [-0.15, -0.1) is 0 Å². The highest BCUT2D eigenvalue weighted by Crippen LogP contribution is 2.17. The number of hydrogen-bond acceptors (Lipinski definition) is 3. The zero-order valence-corrected chi connectivity index (χ0v) is 15.9. The van der Waals surface area contributed by atoms with Gasteiger partial charge in [0.2, 0.25) is 15.9 Å². The summed E-state index contributed by atoms with van der Waals surface area (Å²) in [5, 5.41) is 2.81. The molecule has 134 valence electrons. The fraction of sp³-hybridized carbons (Fsp3) is 0.316. The minimum absolute atomic E-state index is 0.167. The fourth-order valence-corrected chi connectivity index (χ4v) is 3.26. The lowest BCUT2D eigenvalue weighted by Gasteiger charge is -2.20. The largest absolute Gasteiger partial charge is 0.325 e. The van der Waals surface area contributed by atoms with Gasteiger partial charge in [0.05, 0.1) is 12.8 Å². The summed E-state index contributed by atoms with van der Waals surface area (Å²) in [5.74, 6) is -0.355. The summed E-state index contributed by atoms with van der Waals surface area (Å²) in [5.41, 5.74) is 4.56. The molecule has 2 aromatic rings. The molecule has 5 nitrogen and oxygen atoms in total. The summed E-state index contributed by atoms with van der Waals surface area (Å²) in [6, 6.07) is 13.4. The van der Waals surface area contributed by atoms with E-state index < -0.39 is 10.0 Å². The molecule has 25 heavy (non-hydrogen) atoms. The second kappa shape index (κ2) is 7.80. The summed E-state index contributed by atoms with van der Waals surface area (Å²) >= 11 is 0. The number of rotatable bonds is 6. The molecular formula is C19H24N2O3S. The van der Waals surface area contributed by atoms with E-state index in [2.05, 4.69) is 5.32 Å². The zero-order valence-electron chi connectivity index (χ0n) is 15.0. The van der Waals surface area contributed by atoms with E-state index in [0.29, 0.717) is 5.69 Å². The van der Waals surface area contributed by atoms with E-state index in [4.69, 9.17) is 0 Å². The van der Waals surface area contributed by atoms with Gasteiger partial charge in [-0.25, -0.2) is 8.42 Å². The van der Waals surface area contributed by atoms with E-state index in [-0.39, 0.29) is 19.0 Å². The van der Waals surface area contributed by atoms with Gasteiger partial charge in [0.15, 0.2) is 0 Å². The molecule has 1 N–H and O–H groups in total. The molecule has 2 rings (SSSR count). The Morgan fingerprint density at radius 1 is 1.04 bits per heavy atom. The molecule has 1 amide bonds. The number of carbonyl (C=O) groups excluding carboxylic acids is 1. The van der Waals surface area contributed by atoms with E-state index in [9.17, 15) is 13.2 Å². The normalized spacial score (nSPS) is 11.6. The third kappa shape index (κ3) is 5.69. The maximum absolute atomic E-state index is 12.4. The second-order valence-corrected chi connectivity index (χ2v) is 8.37. The lowest BCUT2D eigenvalue weighted by atomic mass is 10.1. The first-order valence-electron chi connectivity index (χ1n) is 8.03. The van der Waals surface area contributed by atoms with Crippen LogP contribution in [0.25, 0.3) is 0 Å². The molecule has 0 saturated heterocycles. The van der Waals surface area contributed by atoms with Crippen molar-refractivity contribution >= 4 is 21.6 Å². The van der Waals surface area contributed by atoms with Crippen LogP contribution in [0.4, 0.5) is 5.69 Å². The number of hydrogen-bond donors (Lipinski definition) is 1. The molecule has 0 atom stereocenters. The van der Waals surface area contributed by atoms with Crippen LogP contribution in [-0.4, -0.2) is 31.4 Å². The van der Waals surface area contributed by atoms with Crippen molar-refractivity contribution in [3.63, 3.8) is 0 Å². The number of amides is 1. The molecule has 2 aromatic carbocycles. The van der Waals surface area contributed by atoms with Crippen LogP contribution in [0, 0.1) is 20.8 Å². The number of anilines is 1. The highest BCUT2D eigenvalue weighted by atomic mass is 32.2. The summed E-state index contributed by atoms with van der Waals surface area (Å²) in [6.07, 6.45) is 1.12. The van der Waals surface area contributed by atoms with E-state index in [0.717, 1.165) is 28.5 Å². The number of nitrogens with one attached hydrogen (secondary N) is 1. The Morgan fingerprint density at radius 3 is 2.36 bits per heavy atom. The molecule has 0 aliphatic rings. The quantitative estimate of drug-likeness (QED) is 0.861. The SMILES string of the molecule is Cc1cccc(CN(CC(=O)Nc2cc(C)ccc2C)S(C)(=O)=O)c1. The molecular weight excluding hydrogens is 336 g/mol. The average Bonchev–Trinajstić information content (AvgIpc) is 2.49. The van der Waals surface area contributed by atoms with Gasteiger partial charge in [0.25, 0.3) is 0 Å². The van der Waals surface area contributed by atoms with Crippen molar-refractivity contribution in [3.05, 3.63) is 64.7 Å². The molecule has 0 heterocycles. The van der Waals surface area contributed by atoms with Crippen LogP contribution >= 0.6 is 0 Å². The number of nitrogens with zero attached hydrogens (tertiary/aromatic N) is 1. The van der Waals surface area contributed by atoms with Crippen LogP contribution in [0.5, 0.6) is 0 Å². The summed E-state index contributed by atoms with van der Waals surface area (Å²) < 4.78 is 25.3. The van der Waals surface area contributed by atoms with Crippen LogP contribution in [-0.2, 0) is 21.4 Å². The number of benzene rings is 2. The first-order valence-corrected chi connectivity index (χ1v) is 9.88. The maximum atomic E-state index is 12.4. The van der Waals surface area contributed by atoms with Gasteiger partial charge in [0, 0.05) is 12.2 Å². The highest BCUT2D eigenvalue weighted by molar-refractivity contribution is 7.88. The Balaban J connectivity index is 2.14. The fourth-order valence-electron chi connectivity index (χ4n) is 2.52. The van der Waals surface area contributed by atoms with Gasteiger partial charge in [-0.2, -0.15) is 4.31 Å². The van der Waals surface area contributed by atoms with Crippen LogP contribution in [0.2, 0.25) is 0 Å². The molecule has 0 aliphatic carbocycles. The molecule has 0 aliphatic heterocycles. The van der Waals surface area contributed by atoms with Crippen LogP contribution in [0.3, 0.4) is 0 Å². The summed E-state index contributed by atoms with van der Waals surface area (Å²) in [6.45, 7) is 5.73. The lowest BCUT2D eigenvalue weighted by molar-refractivity contribution is -0.116. The number of carbonyl (C=O) groups is 1. The summed E-state index contributed by atoms with van der Waals surface area (Å²) in [4.78, 5) is 12.4. The highest BCUT2D eigenvalue weighted by Gasteiger charge is 2.21. The minimum Gasteiger partial charge on any atom is -0.325 e. The van der Waals surface area contributed by atoms with Crippen molar-refractivity contribution in [1.29, 1.82) is 0 Å². The van der Waals surface area contributed by atoms with Crippen LogP contribution in [0.1, 0.15) is 22.3 Å². The van der Waals surface area contributed by atoms with E-state index >= 15 is 0 Å². The number of aryl methyl sites for hydroxylation is 3. The van der Waals surface area contributed by atoms with Crippen LogP contribution < -0.4 is 5.32 Å². The zero-order chi connectivity index (χ0) is 18.6. The second-order valence-electron chi connectivity index (χ2n) is 6.39. The Morgan fingerprint density at radius 2 is 1.72 bits per heavy atom. The van der Waals surface area contributed by atoms with Crippen molar-refractivity contribution in [1.82, 2.24) is 4.31 Å². The maximum Gasteiger partial charge on any atom is 0.239 e. The van der Waals surface area contributed by atoms with Crippen molar-refractivity contribution < 1.29 is 13.2 Å². The van der Waals surface area contributed by atoms with Gasteiger partial charge in [-0.05, 0) is 43.5 Å². The number of sulfonamides is 1. The molecule has 0 spiro atoms. The molecule has 6 heteroatoms. The Bertz CT molecular complexity index is 876. The molecule has 0 fully saturated rings. The van der Waals surface area contributed by atoms with Crippen molar-refractivity contribution in [3.8, 4) is 0 Å². The molecule has 0 unspecified atom stereocenters. The predicted octanol–water partition coefficient (Wildman–Crippen LogP) is 3.01. The topological polar surface area (TPSA) is 66.5 Å². The average molecular weight is 360 g/mol. The van der Waals surface area contributed by atoms with E-state index in [1.54, 1.807) is 0 Å². The Hall–Kier alpha value is -2.18. The summed E-state index contributed by atoms with van der Waals surface area (Å²) in [7, 11) is -3.51. The van der Waals surface area contributed by atoms with Crippen molar-refractivity contribution in [2.24, 2.45) is 0 Å². The van der Waals surface area contributed by atoms with E-state index in [1.807, 2.05) is 63.2 Å². The first kappa shape index (κ1) is 19.1. The van der Waals surface area contributed by atoms with Gasteiger partial charge in [-0.3, -0.25) is 4.79 Å². The molecule has 0 saturated carbocycles. The smallest absolute Gasteiger partial charge is 0.239 e. The van der Waals surface area contributed by atoms with Gasteiger partial charge in [-0.1, -0.05) is 42.0 Å². The van der Waals surface area contributed by atoms with Crippen molar-refractivity contribution in [2.45, 2.75) is 27.3 Å². The monoisotopic (exact) mass is 360 g/mol. The van der Waals surface area contributed by atoms with E-state index in [1.165, 1.54) is 4.31 Å². The van der Waals surface area contributed by atoms with Gasteiger partial charge < -0.3 is 5.32 Å². The van der Waals surface area contributed by atoms with Crippen molar-refractivity contribution in [2.75, 3.05) is 18.1 Å². The predicted molar refractivity (Wildman–Crippen MR) is 101 cm³/mol.